The summed E-state index contributed by atoms with van der Waals surface area (Å²) in [5, 5.41) is 1.17. The zero-order valence-electron chi connectivity index (χ0n) is 12.4. The van der Waals surface area contributed by atoms with Crippen molar-refractivity contribution >= 4 is 16.5 Å². The number of benzene rings is 1. The predicted octanol–water partition coefficient (Wildman–Crippen LogP) is 3.18. The van der Waals surface area contributed by atoms with Gasteiger partial charge in [0.15, 0.2) is 5.13 Å². The fraction of sp³-hybridized carbons (Fsp3) is 0.438. The van der Waals surface area contributed by atoms with Crippen molar-refractivity contribution in [2.24, 2.45) is 0 Å². The van der Waals surface area contributed by atoms with E-state index in [2.05, 4.69) is 55.0 Å². The molecule has 0 aliphatic carbocycles. The highest BCUT2D eigenvalue weighted by molar-refractivity contribution is 7.16. The van der Waals surface area contributed by atoms with Gasteiger partial charge in [-0.2, -0.15) is 0 Å². The summed E-state index contributed by atoms with van der Waals surface area (Å²) >= 11 is 1.82. The topological polar surface area (TPSA) is 19.4 Å². The largest absolute Gasteiger partial charge is 0.346 e. The first-order chi connectivity index (χ1) is 9.63. The molecule has 0 spiro atoms. The monoisotopic (exact) mass is 287 g/mol. The van der Waals surface area contributed by atoms with Crippen LogP contribution in [0.5, 0.6) is 0 Å². The minimum absolute atomic E-state index is 1.08. The molecule has 3 rings (SSSR count). The summed E-state index contributed by atoms with van der Waals surface area (Å²) in [4.78, 5) is 11.0. The van der Waals surface area contributed by atoms with Crippen molar-refractivity contribution in [3.05, 3.63) is 34.7 Å². The van der Waals surface area contributed by atoms with Crippen LogP contribution in [0.1, 0.15) is 10.4 Å². The van der Waals surface area contributed by atoms with Crippen LogP contribution in [0.3, 0.4) is 0 Å². The smallest absolute Gasteiger partial charge is 0.186 e. The van der Waals surface area contributed by atoms with Crippen LogP contribution in [-0.4, -0.2) is 43.1 Å². The Labute approximate surface area is 124 Å². The number of hydrogen-bond donors (Lipinski definition) is 0. The second-order valence-electron chi connectivity index (χ2n) is 5.56. The molecule has 3 nitrogen and oxygen atoms in total. The van der Waals surface area contributed by atoms with E-state index in [1.807, 2.05) is 11.3 Å². The van der Waals surface area contributed by atoms with E-state index in [4.69, 9.17) is 4.98 Å². The Hall–Kier alpha value is -1.39. The maximum atomic E-state index is 4.88. The summed E-state index contributed by atoms with van der Waals surface area (Å²) < 4.78 is 0. The third-order valence-corrected chi connectivity index (χ3v) is 4.92. The van der Waals surface area contributed by atoms with Gasteiger partial charge >= 0.3 is 0 Å². The number of likely N-dealkylation sites (N-methyl/N-ethyl adjacent to an activating group) is 1. The van der Waals surface area contributed by atoms with Crippen LogP contribution in [0, 0.1) is 13.8 Å². The number of aryl methyl sites for hydroxylation is 2. The van der Waals surface area contributed by atoms with E-state index in [0.29, 0.717) is 0 Å². The molecule has 106 valence electrons. The van der Waals surface area contributed by atoms with Gasteiger partial charge in [-0.15, -0.1) is 11.3 Å². The SMILES string of the molecule is Cc1ccc(-c2nc(N3CCN(C)CC3)sc2C)cc1. The van der Waals surface area contributed by atoms with Crippen LogP contribution in [0.2, 0.25) is 0 Å². The molecule has 1 aromatic carbocycles. The van der Waals surface area contributed by atoms with Crippen molar-refractivity contribution in [2.45, 2.75) is 13.8 Å². The van der Waals surface area contributed by atoms with E-state index in [1.54, 1.807) is 0 Å². The highest BCUT2D eigenvalue weighted by Gasteiger charge is 2.19. The summed E-state index contributed by atoms with van der Waals surface area (Å²) in [5.74, 6) is 0. The van der Waals surface area contributed by atoms with Gasteiger partial charge in [0, 0.05) is 36.6 Å². The fourth-order valence-electron chi connectivity index (χ4n) is 2.49. The van der Waals surface area contributed by atoms with Gasteiger partial charge in [-0.1, -0.05) is 29.8 Å². The Balaban J connectivity index is 1.85. The molecule has 0 bridgehead atoms. The van der Waals surface area contributed by atoms with E-state index in [-0.39, 0.29) is 0 Å². The Kier molecular flexibility index (Phi) is 3.76. The van der Waals surface area contributed by atoms with Gasteiger partial charge in [0.2, 0.25) is 0 Å². The molecule has 0 amide bonds. The van der Waals surface area contributed by atoms with Gasteiger partial charge in [0.25, 0.3) is 0 Å². The lowest BCUT2D eigenvalue weighted by Gasteiger charge is -2.32. The van der Waals surface area contributed by atoms with E-state index >= 15 is 0 Å². The van der Waals surface area contributed by atoms with Crippen LogP contribution in [0.4, 0.5) is 5.13 Å². The van der Waals surface area contributed by atoms with E-state index in [9.17, 15) is 0 Å². The van der Waals surface area contributed by atoms with Gasteiger partial charge in [0.1, 0.15) is 0 Å². The maximum Gasteiger partial charge on any atom is 0.186 e. The molecule has 0 N–H and O–H groups in total. The minimum atomic E-state index is 1.08. The molecule has 20 heavy (non-hydrogen) atoms. The van der Waals surface area contributed by atoms with Gasteiger partial charge in [-0.05, 0) is 20.9 Å². The Morgan fingerprint density at radius 3 is 2.30 bits per heavy atom. The number of hydrogen-bond acceptors (Lipinski definition) is 4. The van der Waals surface area contributed by atoms with Crippen LogP contribution in [-0.2, 0) is 0 Å². The number of rotatable bonds is 2. The van der Waals surface area contributed by atoms with Crippen molar-refractivity contribution in [1.82, 2.24) is 9.88 Å². The number of piperazine rings is 1. The Bertz CT molecular complexity index is 580. The zero-order chi connectivity index (χ0) is 14.1. The summed E-state index contributed by atoms with van der Waals surface area (Å²) in [5.41, 5.74) is 3.66. The Morgan fingerprint density at radius 2 is 1.65 bits per heavy atom. The summed E-state index contributed by atoms with van der Waals surface area (Å²) in [7, 11) is 2.18. The lowest BCUT2D eigenvalue weighted by Crippen LogP contribution is -2.44. The third kappa shape index (κ3) is 2.72. The predicted molar refractivity (Wildman–Crippen MR) is 86.7 cm³/mol. The van der Waals surface area contributed by atoms with Crippen molar-refractivity contribution in [3.63, 3.8) is 0 Å². The first-order valence-electron chi connectivity index (χ1n) is 7.11. The average molecular weight is 287 g/mol. The van der Waals surface area contributed by atoms with Crippen LogP contribution >= 0.6 is 11.3 Å². The molecule has 1 saturated heterocycles. The second kappa shape index (κ2) is 5.54. The molecule has 0 unspecified atom stereocenters. The molecule has 4 heteroatoms. The zero-order valence-corrected chi connectivity index (χ0v) is 13.2. The molecule has 1 fully saturated rings. The van der Waals surface area contributed by atoms with Gasteiger partial charge in [0.05, 0.1) is 5.69 Å². The lowest BCUT2D eigenvalue weighted by atomic mass is 10.1. The van der Waals surface area contributed by atoms with Gasteiger partial charge < -0.3 is 9.80 Å². The van der Waals surface area contributed by atoms with E-state index in [1.165, 1.54) is 21.1 Å². The minimum Gasteiger partial charge on any atom is -0.346 e. The number of aromatic nitrogens is 1. The molecule has 2 heterocycles. The van der Waals surface area contributed by atoms with Crippen molar-refractivity contribution < 1.29 is 0 Å². The molecule has 1 aliphatic heterocycles. The third-order valence-electron chi connectivity index (χ3n) is 3.88. The summed E-state index contributed by atoms with van der Waals surface area (Å²) in [6, 6.07) is 8.66. The van der Waals surface area contributed by atoms with Crippen LogP contribution in [0.25, 0.3) is 11.3 Å². The van der Waals surface area contributed by atoms with E-state index < -0.39 is 0 Å². The number of nitrogens with zero attached hydrogens (tertiary/aromatic N) is 3. The quantitative estimate of drug-likeness (QED) is 0.845. The molecule has 0 atom stereocenters. The molecule has 0 radical (unpaired) electrons. The first kappa shape index (κ1) is 13.6. The number of thiazole rings is 1. The lowest BCUT2D eigenvalue weighted by molar-refractivity contribution is 0.313. The highest BCUT2D eigenvalue weighted by atomic mass is 32.1. The normalized spacial score (nSPS) is 16.6. The molecule has 0 saturated carbocycles. The van der Waals surface area contributed by atoms with Crippen molar-refractivity contribution in [2.75, 3.05) is 38.1 Å². The van der Waals surface area contributed by atoms with E-state index in [0.717, 1.165) is 31.9 Å². The number of anilines is 1. The molecule has 1 aromatic heterocycles. The molecular weight excluding hydrogens is 266 g/mol. The van der Waals surface area contributed by atoms with Gasteiger partial charge in [-0.3, -0.25) is 0 Å². The Morgan fingerprint density at radius 1 is 1.00 bits per heavy atom. The first-order valence-corrected chi connectivity index (χ1v) is 7.93. The molecule has 2 aromatic rings. The van der Waals surface area contributed by atoms with Gasteiger partial charge in [-0.25, -0.2) is 4.98 Å². The molecular formula is C16H21N3S. The van der Waals surface area contributed by atoms with Crippen molar-refractivity contribution in [1.29, 1.82) is 0 Å². The summed E-state index contributed by atoms with van der Waals surface area (Å²) in [6.07, 6.45) is 0. The average Bonchev–Trinajstić information content (AvgIpc) is 2.82. The standard InChI is InChI=1S/C16H21N3S/c1-12-4-6-14(7-5-12)15-13(2)20-16(17-15)19-10-8-18(3)9-11-19/h4-7H,8-11H2,1-3H3. The maximum absolute atomic E-state index is 4.88. The van der Waals surface area contributed by atoms with Crippen LogP contribution in [0.15, 0.2) is 24.3 Å². The highest BCUT2D eigenvalue weighted by Crippen LogP contribution is 2.32. The van der Waals surface area contributed by atoms with Crippen molar-refractivity contribution in [3.8, 4) is 11.3 Å². The van der Waals surface area contributed by atoms with Crippen LogP contribution < -0.4 is 4.90 Å². The summed E-state index contributed by atoms with van der Waals surface area (Å²) in [6.45, 7) is 8.70. The fourth-order valence-corrected chi connectivity index (χ4v) is 3.48. The molecule has 1 aliphatic rings. The second-order valence-corrected chi connectivity index (χ2v) is 6.74.